The number of hydrogen-bond acceptors (Lipinski definition) is 6. The second-order valence-corrected chi connectivity index (χ2v) is 7.78. The van der Waals surface area contributed by atoms with Gasteiger partial charge in [-0.2, -0.15) is 4.98 Å². The Morgan fingerprint density at radius 2 is 2.00 bits per heavy atom. The first-order chi connectivity index (χ1) is 13.2. The predicted octanol–water partition coefficient (Wildman–Crippen LogP) is 3.31. The number of anilines is 2. The van der Waals surface area contributed by atoms with Crippen LogP contribution in [0.3, 0.4) is 0 Å². The summed E-state index contributed by atoms with van der Waals surface area (Å²) < 4.78 is 5.41. The van der Waals surface area contributed by atoms with Crippen LogP contribution in [-0.4, -0.2) is 60.3 Å². The van der Waals surface area contributed by atoms with Crippen molar-refractivity contribution in [3.8, 4) is 0 Å². The van der Waals surface area contributed by atoms with Crippen molar-refractivity contribution in [3.63, 3.8) is 0 Å². The number of halogens is 2. The van der Waals surface area contributed by atoms with Gasteiger partial charge < -0.3 is 15.0 Å². The number of morpholine rings is 1. The lowest BCUT2D eigenvalue weighted by Gasteiger charge is -2.28. The highest BCUT2D eigenvalue weighted by Gasteiger charge is 2.24. The highest BCUT2D eigenvalue weighted by molar-refractivity contribution is 6.35. The average molecular weight is 408 g/mol. The third-order valence-corrected chi connectivity index (χ3v) is 5.58. The summed E-state index contributed by atoms with van der Waals surface area (Å²) >= 11 is 12.3. The Bertz CT molecular complexity index is 784. The van der Waals surface area contributed by atoms with E-state index in [9.17, 15) is 0 Å². The first-order valence-corrected chi connectivity index (χ1v) is 10.0. The molecule has 1 aromatic carbocycles. The van der Waals surface area contributed by atoms with Gasteiger partial charge >= 0.3 is 0 Å². The van der Waals surface area contributed by atoms with Gasteiger partial charge in [0.15, 0.2) is 0 Å². The van der Waals surface area contributed by atoms with E-state index in [0.717, 1.165) is 68.8 Å². The van der Waals surface area contributed by atoms with Gasteiger partial charge in [-0.15, -0.1) is 0 Å². The second-order valence-electron chi connectivity index (χ2n) is 6.94. The van der Waals surface area contributed by atoms with Crippen LogP contribution < -0.4 is 10.2 Å². The van der Waals surface area contributed by atoms with Gasteiger partial charge in [0.2, 0.25) is 5.95 Å². The molecule has 0 amide bonds. The Labute approximate surface area is 169 Å². The molecule has 1 atom stereocenters. The Kier molecular flexibility index (Phi) is 5.98. The minimum Gasteiger partial charge on any atom is -0.378 e. The van der Waals surface area contributed by atoms with Crippen molar-refractivity contribution < 1.29 is 4.74 Å². The molecule has 1 unspecified atom stereocenters. The van der Waals surface area contributed by atoms with Crippen LogP contribution in [0.15, 0.2) is 30.5 Å². The standard InChI is InChI=1S/C19H23Cl2N5O/c20-15-2-1-14(17(21)11-15)12-25-6-4-16(13-25)23-19-22-5-3-18(24-19)26-7-9-27-10-8-26/h1-3,5,11,16H,4,6-10,12-13H2,(H,22,23,24). The molecule has 3 heterocycles. The fourth-order valence-electron chi connectivity index (χ4n) is 3.55. The molecule has 0 bridgehead atoms. The molecular weight excluding hydrogens is 385 g/mol. The van der Waals surface area contributed by atoms with Gasteiger partial charge in [0.05, 0.1) is 13.2 Å². The summed E-state index contributed by atoms with van der Waals surface area (Å²) in [6.45, 7) is 6.01. The molecule has 2 fully saturated rings. The molecule has 0 saturated carbocycles. The summed E-state index contributed by atoms with van der Waals surface area (Å²) in [7, 11) is 0. The molecule has 0 spiro atoms. The van der Waals surface area contributed by atoms with E-state index >= 15 is 0 Å². The van der Waals surface area contributed by atoms with Gasteiger partial charge in [0.25, 0.3) is 0 Å². The lowest BCUT2D eigenvalue weighted by Crippen LogP contribution is -2.37. The number of benzene rings is 1. The second kappa shape index (κ2) is 8.61. The normalized spacial score (nSPS) is 20.8. The number of nitrogens with zero attached hydrogens (tertiary/aromatic N) is 4. The largest absolute Gasteiger partial charge is 0.378 e. The molecular formula is C19H23Cl2N5O. The Balaban J connectivity index is 1.34. The smallest absolute Gasteiger partial charge is 0.224 e. The van der Waals surface area contributed by atoms with E-state index in [4.69, 9.17) is 27.9 Å². The van der Waals surface area contributed by atoms with Gasteiger partial charge in [-0.1, -0.05) is 29.3 Å². The zero-order valence-electron chi connectivity index (χ0n) is 15.1. The van der Waals surface area contributed by atoms with Crippen molar-refractivity contribution in [1.82, 2.24) is 14.9 Å². The molecule has 8 heteroatoms. The van der Waals surface area contributed by atoms with E-state index in [2.05, 4.69) is 25.1 Å². The zero-order valence-corrected chi connectivity index (χ0v) is 16.6. The summed E-state index contributed by atoms with van der Waals surface area (Å²) in [5, 5.41) is 4.88. The minimum atomic E-state index is 0.330. The van der Waals surface area contributed by atoms with Crippen LogP contribution in [0.1, 0.15) is 12.0 Å². The molecule has 144 valence electrons. The van der Waals surface area contributed by atoms with Crippen LogP contribution in [0.25, 0.3) is 0 Å². The SMILES string of the molecule is Clc1ccc(CN2CCC(Nc3nccc(N4CCOCC4)n3)C2)c(Cl)c1. The Morgan fingerprint density at radius 3 is 2.81 bits per heavy atom. The quantitative estimate of drug-likeness (QED) is 0.820. The van der Waals surface area contributed by atoms with Crippen LogP contribution in [0.5, 0.6) is 0 Å². The number of likely N-dealkylation sites (tertiary alicyclic amines) is 1. The predicted molar refractivity (Wildman–Crippen MR) is 109 cm³/mol. The van der Waals surface area contributed by atoms with Crippen LogP contribution in [0.2, 0.25) is 10.0 Å². The Hall–Kier alpha value is -1.60. The number of ether oxygens (including phenoxy) is 1. The van der Waals surface area contributed by atoms with Gasteiger partial charge in [-0.3, -0.25) is 4.90 Å². The fourth-order valence-corrected chi connectivity index (χ4v) is 4.02. The number of nitrogens with one attached hydrogen (secondary N) is 1. The van der Waals surface area contributed by atoms with Crippen LogP contribution >= 0.6 is 23.2 Å². The van der Waals surface area contributed by atoms with E-state index in [1.54, 1.807) is 6.07 Å². The summed E-state index contributed by atoms with van der Waals surface area (Å²) in [5.41, 5.74) is 1.10. The van der Waals surface area contributed by atoms with Crippen molar-refractivity contribution in [2.24, 2.45) is 0 Å². The highest BCUT2D eigenvalue weighted by atomic mass is 35.5. The summed E-state index contributed by atoms with van der Waals surface area (Å²) in [5.74, 6) is 1.65. The van der Waals surface area contributed by atoms with Gasteiger partial charge in [0.1, 0.15) is 5.82 Å². The Morgan fingerprint density at radius 1 is 1.15 bits per heavy atom. The highest BCUT2D eigenvalue weighted by Crippen LogP contribution is 2.24. The molecule has 1 N–H and O–H groups in total. The number of aromatic nitrogens is 2. The number of hydrogen-bond donors (Lipinski definition) is 1. The third kappa shape index (κ3) is 4.82. The van der Waals surface area contributed by atoms with Crippen molar-refractivity contribution >= 4 is 35.0 Å². The molecule has 0 aliphatic carbocycles. The molecule has 27 heavy (non-hydrogen) atoms. The fraction of sp³-hybridized carbons (Fsp3) is 0.474. The average Bonchev–Trinajstić information content (AvgIpc) is 3.12. The third-order valence-electron chi connectivity index (χ3n) is 4.99. The first-order valence-electron chi connectivity index (χ1n) is 9.26. The topological polar surface area (TPSA) is 53.5 Å². The summed E-state index contributed by atoms with van der Waals surface area (Å²) in [6.07, 6.45) is 2.87. The maximum absolute atomic E-state index is 6.31. The van der Waals surface area contributed by atoms with Crippen molar-refractivity contribution in [1.29, 1.82) is 0 Å². The maximum atomic E-state index is 6.31. The van der Waals surface area contributed by atoms with Gasteiger partial charge in [0, 0.05) is 55.0 Å². The van der Waals surface area contributed by atoms with Crippen LogP contribution in [0, 0.1) is 0 Å². The summed E-state index contributed by atoms with van der Waals surface area (Å²) in [6, 6.07) is 7.98. The van der Waals surface area contributed by atoms with E-state index < -0.39 is 0 Å². The van der Waals surface area contributed by atoms with E-state index in [1.807, 2.05) is 24.4 Å². The van der Waals surface area contributed by atoms with E-state index in [1.165, 1.54) is 0 Å². The molecule has 2 aliphatic heterocycles. The molecule has 2 saturated heterocycles. The molecule has 0 radical (unpaired) electrons. The summed E-state index contributed by atoms with van der Waals surface area (Å²) in [4.78, 5) is 13.7. The van der Waals surface area contributed by atoms with Gasteiger partial charge in [-0.05, 0) is 30.2 Å². The monoisotopic (exact) mass is 407 g/mol. The van der Waals surface area contributed by atoms with E-state index in [-0.39, 0.29) is 0 Å². The first kappa shape index (κ1) is 18.7. The molecule has 2 aromatic rings. The molecule has 1 aromatic heterocycles. The van der Waals surface area contributed by atoms with Crippen LogP contribution in [0.4, 0.5) is 11.8 Å². The van der Waals surface area contributed by atoms with Gasteiger partial charge in [-0.25, -0.2) is 4.98 Å². The lowest BCUT2D eigenvalue weighted by molar-refractivity contribution is 0.122. The molecule has 6 nitrogen and oxygen atoms in total. The van der Waals surface area contributed by atoms with Crippen molar-refractivity contribution in [2.45, 2.75) is 19.0 Å². The molecule has 2 aliphatic rings. The minimum absolute atomic E-state index is 0.330. The number of rotatable bonds is 5. The van der Waals surface area contributed by atoms with Crippen molar-refractivity contribution in [2.75, 3.05) is 49.6 Å². The lowest BCUT2D eigenvalue weighted by atomic mass is 10.2. The maximum Gasteiger partial charge on any atom is 0.224 e. The van der Waals surface area contributed by atoms with Crippen LogP contribution in [-0.2, 0) is 11.3 Å². The zero-order chi connectivity index (χ0) is 18.6. The van der Waals surface area contributed by atoms with E-state index in [0.29, 0.717) is 17.0 Å². The van der Waals surface area contributed by atoms with Crippen molar-refractivity contribution in [3.05, 3.63) is 46.1 Å². The molecule has 4 rings (SSSR count).